The number of ketones is 1. The first-order chi connectivity index (χ1) is 14.4. The summed E-state index contributed by atoms with van der Waals surface area (Å²) >= 11 is 0. The van der Waals surface area contributed by atoms with Crippen molar-refractivity contribution in [3.63, 3.8) is 0 Å². The van der Waals surface area contributed by atoms with E-state index in [1.165, 1.54) is 23.1 Å². The lowest BCUT2D eigenvalue weighted by Gasteiger charge is -2.27. The smallest absolute Gasteiger partial charge is 0.290 e. The van der Waals surface area contributed by atoms with E-state index < -0.39 is 23.5 Å². The molecule has 0 aliphatic carbocycles. The monoisotopic (exact) mass is 406 g/mol. The van der Waals surface area contributed by atoms with Crippen LogP contribution in [0.5, 0.6) is 5.75 Å². The first-order valence-electron chi connectivity index (χ1n) is 9.83. The van der Waals surface area contributed by atoms with Crippen molar-refractivity contribution in [3.05, 3.63) is 83.1 Å². The minimum Gasteiger partial charge on any atom is -0.508 e. The summed E-state index contributed by atoms with van der Waals surface area (Å²) in [6.07, 6.45) is 3.71. The average molecular weight is 406 g/mol. The number of carbonyl (C=O) groups excluding carboxylic acids is 2. The van der Waals surface area contributed by atoms with Gasteiger partial charge in [0.05, 0.1) is 11.6 Å². The first-order valence-corrected chi connectivity index (χ1v) is 9.83. The molecule has 1 aliphatic rings. The fraction of sp³-hybridized carbons (Fsp3) is 0.250. The van der Waals surface area contributed by atoms with Crippen molar-refractivity contribution in [1.82, 2.24) is 9.80 Å². The van der Waals surface area contributed by atoms with Crippen LogP contribution in [0.2, 0.25) is 0 Å². The Kier molecular flexibility index (Phi) is 6.69. The van der Waals surface area contributed by atoms with E-state index in [0.717, 1.165) is 12.1 Å². The third-order valence-corrected chi connectivity index (χ3v) is 4.99. The molecule has 30 heavy (non-hydrogen) atoms. The fourth-order valence-corrected chi connectivity index (χ4v) is 3.56. The van der Waals surface area contributed by atoms with Crippen molar-refractivity contribution < 1.29 is 19.8 Å². The highest BCUT2D eigenvalue weighted by molar-refractivity contribution is 6.14. The number of benzene rings is 2. The molecule has 0 aromatic heterocycles. The Morgan fingerprint density at radius 2 is 1.83 bits per heavy atom. The Morgan fingerprint density at radius 3 is 2.50 bits per heavy atom. The van der Waals surface area contributed by atoms with Crippen LogP contribution in [0, 0.1) is 0 Å². The second-order valence-corrected chi connectivity index (χ2v) is 7.52. The van der Waals surface area contributed by atoms with Crippen LogP contribution in [0.4, 0.5) is 0 Å². The van der Waals surface area contributed by atoms with Crippen molar-refractivity contribution in [2.45, 2.75) is 12.5 Å². The molecule has 2 aromatic rings. The third kappa shape index (κ3) is 4.78. The van der Waals surface area contributed by atoms with Crippen molar-refractivity contribution in [3.8, 4) is 5.75 Å². The maximum Gasteiger partial charge on any atom is 0.290 e. The van der Waals surface area contributed by atoms with Crippen LogP contribution in [0.25, 0.3) is 6.08 Å². The number of phenols is 1. The van der Waals surface area contributed by atoms with E-state index in [1.807, 2.05) is 49.3 Å². The lowest BCUT2D eigenvalue weighted by atomic mass is 9.95. The second kappa shape index (κ2) is 9.41. The van der Waals surface area contributed by atoms with Crippen LogP contribution < -0.4 is 0 Å². The Morgan fingerprint density at radius 1 is 1.10 bits per heavy atom. The summed E-state index contributed by atoms with van der Waals surface area (Å²) in [7, 11) is 3.88. The molecular weight excluding hydrogens is 380 g/mol. The molecule has 0 fully saturated rings. The van der Waals surface area contributed by atoms with Crippen LogP contribution in [0.1, 0.15) is 23.6 Å². The number of rotatable bonds is 8. The predicted molar refractivity (Wildman–Crippen MR) is 116 cm³/mol. The molecule has 156 valence electrons. The van der Waals surface area contributed by atoms with Gasteiger partial charge in [-0.25, -0.2) is 0 Å². The summed E-state index contributed by atoms with van der Waals surface area (Å²) in [6, 6.07) is 15.0. The van der Waals surface area contributed by atoms with Crippen LogP contribution in [-0.2, 0) is 9.59 Å². The number of amides is 1. The van der Waals surface area contributed by atoms with Gasteiger partial charge < -0.3 is 20.0 Å². The number of hydrogen-bond donors (Lipinski definition) is 2. The highest BCUT2D eigenvalue weighted by Crippen LogP contribution is 2.38. The molecule has 0 saturated heterocycles. The van der Waals surface area contributed by atoms with Crippen molar-refractivity contribution in [2.75, 3.05) is 27.2 Å². The third-order valence-electron chi connectivity index (χ3n) is 4.99. The minimum absolute atomic E-state index is 0.0302. The molecule has 6 heteroatoms. The fourth-order valence-electron chi connectivity index (χ4n) is 3.56. The number of aromatic hydroxyl groups is 1. The zero-order chi connectivity index (χ0) is 21.7. The summed E-state index contributed by atoms with van der Waals surface area (Å²) in [5, 5.41) is 20.5. The zero-order valence-electron chi connectivity index (χ0n) is 17.2. The number of phenolic OH excluding ortho intramolecular Hbond substituents is 1. The van der Waals surface area contributed by atoms with Gasteiger partial charge in [0, 0.05) is 6.54 Å². The van der Waals surface area contributed by atoms with E-state index in [-0.39, 0.29) is 11.3 Å². The molecule has 1 unspecified atom stereocenters. The van der Waals surface area contributed by atoms with E-state index in [0.29, 0.717) is 18.5 Å². The van der Waals surface area contributed by atoms with E-state index in [4.69, 9.17) is 0 Å². The van der Waals surface area contributed by atoms with Gasteiger partial charge in [-0.15, -0.1) is 0 Å². The van der Waals surface area contributed by atoms with Crippen LogP contribution in [0.3, 0.4) is 0 Å². The molecular formula is C24H26N2O4. The van der Waals surface area contributed by atoms with Gasteiger partial charge in [-0.2, -0.15) is 0 Å². The molecule has 2 N–H and O–H groups in total. The SMILES string of the molecule is CN(C)CCCN1C(=O)C(O)=C(C(=O)/C=C/c2ccccc2)C1c1cccc(O)c1. The van der Waals surface area contributed by atoms with Crippen LogP contribution in [0.15, 0.2) is 72.0 Å². The van der Waals surface area contributed by atoms with Gasteiger partial charge in [-0.05, 0) is 56.4 Å². The predicted octanol–water partition coefficient (Wildman–Crippen LogP) is 3.32. The lowest BCUT2D eigenvalue weighted by Crippen LogP contribution is -2.33. The van der Waals surface area contributed by atoms with Crippen molar-refractivity contribution in [2.24, 2.45) is 0 Å². The average Bonchev–Trinajstić information content (AvgIpc) is 2.97. The van der Waals surface area contributed by atoms with Gasteiger partial charge in [0.25, 0.3) is 5.91 Å². The minimum atomic E-state index is -0.750. The summed E-state index contributed by atoms with van der Waals surface area (Å²) in [6.45, 7) is 1.13. The molecule has 0 saturated carbocycles. The number of aliphatic hydroxyl groups excluding tert-OH is 1. The standard InChI is InChI=1S/C24H26N2O4/c1-25(2)14-7-15-26-22(18-10-6-11-19(27)16-18)21(23(29)24(26)30)20(28)13-12-17-8-4-3-5-9-17/h3-6,8-13,16,22,27,29H,7,14-15H2,1-2H3/b13-12+. The normalized spacial score (nSPS) is 16.8. The summed E-state index contributed by atoms with van der Waals surface area (Å²) in [4.78, 5) is 29.3. The molecule has 0 spiro atoms. The van der Waals surface area contributed by atoms with Crippen molar-refractivity contribution in [1.29, 1.82) is 0 Å². The van der Waals surface area contributed by atoms with Crippen LogP contribution in [-0.4, -0.2) is 58.9 Å². The molecule has 2 aromatic carbocycles. The first kappa shape index (κ1) is 21.3. The van der Waals surface area contributed by atoms with Gasteiger partial charge in [0.15, 0.2) is 11.5 Å². The molecule has 6 nitrogen and oxygen atoms in total. The van der Waals surface area contributed by atoms with Gasteiger partial charge in [0.2, 0.25) is 0 Å². The quantitative estimate of drug-likeness (QED) is 0.658. The molecule has 1 amide bonds. The van der Waals surface area contributed by atoms with Gasteiger partial charge >= 0.3 is 0 Å². The largest absolute Gasteiger partial charge is 0.508 e. The van der Waals surface area contributed by atoms with Gasteiger partial charge in [-0.3, -0.25) is 9.59 Å². The highest BCUT2D eigenvalue weighted by Gasteiger charge is 2.42. The Bertz CT molecular complexity index is 980. The van der Waals surface area contributed by atoms with Crippen LogP contribution >= 0.6 is 0 Å². The Hall–Kier alpha value is -3.38. The van der Waals surface area contributed by atoms with Crippen molar-refractivity contribution >= 4 is 17.8 Å². The molecule has 3 rings (SSSR count). The number of allylic oxidation sites excluding steroid dienone is 1. The second-order valence-electron chi connectivity index (χ2n) is 7.52. The number of nitrogens with zero attached hydrogens (tertiary/aromatic N) is 2. The topological polar surface area (TPSA) is 81.1 Å². The van der Waals surface area contributed by atoms with Gasteiger partial charge in [0.1, 0.15) is 5.75 Å². The maximum absolute atomic E-state index is 13.0. The van der Waals surface area contributed by atoms with Gasteiger partial charge in [-0.1, -0.05) is 48.5 Å². The highest BCUT2D eigenvalue weighted by atomic mass is 16.3. The number of hydrogen-bond acceptors (Lipinski definition) is 5. The summed E-state index contributed by atoms with van der Waals surface area (Å²) in [5.74, 6) is -1.51. The zero-order valence-corrected chi connectivity index (χ0v) is 17.2. The molecule has 0 bridgehead atoms. The molecule has 1 heterocycles. The molecule has 1 aliphatic heterocycles. The van der Waals surface area contributed by atoms with E-state index in [2.05, 4.69) is 0 Å². The molecule has 0 radical (unpaired) electrons. The van der Waals surface area contributed by atoms with E-state index >= 15 is 0 Å². The van der Waals surface area contributed by atoms with E-state index in [1.54, 1.807) is 18.2 Å². The molecule has 1 atom stereocenters. The maximum atomic E-state index is 13.0. The Labute approximate surface area is 176 Å². The Balaban J connectivity index is 1.94. The van der Waals surface area contributed by atoms with E-state index in [9.17, 15) is 19.8 Å². The number of aliphatic hydroxyl groups is 1. The number of carbonyl (C=O) groups is 2. The summed E-state index contributed by atoms with van der Waals surface area (Å²) < 4.78 is 0. The summed E-state index contributed by atoms with van der Waals surface area (Å²) in [5.41, 5.74) is 1.45. The lowest BCUT2D eigenvalue weighted by molar-refractivity contribution is -0.129.